The zero-order valence-electron chi connectivity index (χ0n) is 7.92. The molecule has 1 aliphatic rings. The highest BCUT2D eigenvalue weighted by Crippen LogP contribution is 2.18. The van der Waals surface area contributed by atoms with Gasteiger partial charge in [-0.1, -0.05) is 6.07 Å². The molecule has 1 heterocycles. The van der Waals surface area contributed by atoms with Gasteiger partial charge >= 0.3 is 0 Å². The summed E-state index contributed by atoms with van der Waals surface area (Å²) >= 11 is 0. The molecule has 1 fully saturated rings. The molecule has 0 aromatic heterocycles. The molecule has 0 saturated carbocycles. The van der Waals surface area contributed by atoms with E-state index in [-0.39, 0.29) is 11.0 Å². The molecule has 6 heteroatoms. The highest BCUT2D eigenvalue weighted by molar-refractivity contribution is 7.89. The van der Waals surface area contributed by atoms with E-state index in [0.717, 1.165) is 0 Å². The summed E-state index contributed by atoms with van der Waals surface area (Å²) in [5.74, 6) is 0.483. The summed E-state index contributed by atoms with van der Waals surface area (Å²) in [6.45, 7) is 1.14. The number of benzene rings is 1. The molecule has 0 spiro atoms. The largest absolute Gasteiger partial charge is 0.491 e. The number of sulfonamides is 1. The van der Waals surface area contributed by atoms with Gasteiger partial charge in [0.25, 0.3) is 0 Å². The second-order valence-electron chi connectivity index (χ2n) is 3.29. The van der Waals surface area contributed by atoms with Crippen molar-refractivity contribution in [2.24, 2.45) is 5.14 Å². The molecule has 0 radical (unpaired) electrons. The van der Waals surface area contributed by atoms with E-state index in [1.165, 1.54) is 12.1 Å². The van der Waals surface area contributed by atoms with Gasteiger partial charge in [-0.3, -0.25) is 0 Å². The molecule has 5 nitrogen and oxygen atoms in total. The standard InChI is InChI=1S/C9H11NO4S/c10-15(11,12)9-3-1-2-7(4-9)13-5-8-6-14-8/h1-4,8H,5-6H2,(H2,10,11,12)/t8-/m0/s1. The van der Waals surface area contributed by atoms with Crippen LogP contribution in [0, 0.1) is 0 Å². The van der Waals surface area contributed by atoms with Gasteiger partial charge in [-0.2, -0.15) is 0 Å². The van der Waals surface area contributed by atoms with Crippen molar-refractivity contribution in [2.75, 3.05) is 13.2 Å². The lowest BCUT2D eigenvalue weighted by molar-refractivity contribution is 0.262. The minimum absolute atomic E-state index is 0.0525. The van der Waals surface area contributed by atoms with Gasteiger partial charge in [0.05, 0.1) is 11.5 Å². The maximum absolute atomic E-state index is 11.0. The second-order valence-corrected chi connectivity index (χ2v) is 4.85. The van der Waals surface area contributed by atoms with Crippen molar-refractivity contribution in [3.63, 3.8) is 0 Å². The summed E-state index contributed by atoms with van der Waals surface area (Å²) in [5.41, 5.74) is 0. The van der Waals surface area contributed by atoms with Crippen molar-refractivity contribution >= 4 is 10.0 Å². The van der Waals surface area contributed by atoms with E-state index in [9.17, 15) is 8.42 Å². The average molecular weight is 229 g/mol. The van der Waals surface area contributed by atoms with Crippen molar-refractivity contribution in [1.82, 2.24) is 0 Å². The van der Waals surface area contributed by atoms with Crippen LogP contribution in [0.15, 0.2) is 29.2 Å². The molecule has 0 amide bonds. The van der Waals surface area contributed by atoms with Gasteiger partial charge in [-0.15, -0.1) is 0 Å². The molecule has 0 unspecified atom stereocenters. The van der Waals surface area contributed by atoms with Gasteiger partial charge in [0.1, 0.15) is 18.5 Å². The van der Waals surface area contributed by atoms with Crippen LogP contribution in [-0.4, -0.2) is 27.7 Å². The summed E-state index contributed by atoms with van der Waals surface area (Å²) in [5, 5.41) is 4.99. The number of epoxide rings is 1. The Hall–Kier alpha value is -1.11. The molecule has 1 aliphatic heterocycles. The summed E-state index contributed by atoms with van der Waals surface area (Å²) < 4.78 is 32.3. The van der Waals surface area contributed by atoms with E-state index in [1.807, 2.05) is 0 Å². The zero-order valence-corrected chi connectivity index (χ0v) is 8.74. The smallest absolute Gasteiger partial charge is 0.238 e. The fourth-order valence-corrected chi connectivity index (χ4v) is 1.64. The molecule has 82 valence electrons. The highest BCUT2D eigenvalue weighted by Gasteiger charge is 2.23. The maximum atomic E-state index is 11.0. The van der Waals surface area contributed by atoms with Crippen LogP contribution >= 0.6 is 0 Å². The minimum atomic E-state index is -3.66. The Morgan fingerprint density at radius 1 is 1.53 bits per heavy atom. The number of hydrogen-bond acceptors (Lipinski definition) is 4. The van der Waals surface area contributed by atoms with E-state index >= 15 is 0 Å². The summed E-state index contributed by atoms with van der Waals surface area (Å²) in [7, 11) is -3.66. The van der Waals surface area contributed by atoms with E-state index in [2.05, 4.69) is 0 Å². The third-order valence-electron chi connectivity index (χ3n) is 1.97. The molecule has 1 atom stereocenters. The SMILES string of the molecule is NS(=O)(=O)c1cccc(OC[C@H]2CO2)c1. The lowest BCUT2D eigenvalue weighted by Gasteiger charge is -2.05. The van der Waals surface area contributed by atoms with E-state index in [4.69, 9.17) is 14.6 Å². The van der Waals surface area contributed by atoms with Gasteiger partial charge < -0.3 is 9.47 Å². The van der Waals surface area contributed by atoms with Gasteiger partial charge in [0.2, 0.25) is 10.0 Å². The first-order valence-corrected chi connectivity index (χ1v) is 5.97. The first-order valence-electron chi connectivity index (χ1n) is 4.43. The van der Waals surface area contributed by atoms with Gasteiger partial charge in [0, 0.05) is 6.07 Å². The molecule has 1 saturated heterocycles. The quantitative estimate of drug-likeness (QED) is 0.743. The number of primary sulfonamides is 1. The van der Waals surface area contributed by atoms with Gasteiger partial charge in [-0.05, 0) is 12.1 Å². The second kappa shape index (κ2) is 3.80. The van der Waals surface area contributed by atoms with Crippen LogP contribution in [0.25, 0.3) is 0 Å². The van der Waals surface area contributed by atoms with Crippen molar-refractivity contribution in [3.8, 4) is 5.75 Å². The Labute approximate surface area is 87.8 Å². The van der Waals surface area contributed by atoms with Crippen molar-refractivity contribution in [3.05, 3.63) is 24.3 Å². The predicted octanol–water partition coefficient (Wildman–Crippen LogP) is 0.112. The fraction of sp³-hybridized carbons (Fsp3) is 0.333. The molecular formula is C9H11NO4S. The Kier molecular flexibility index (Phi) is 2.64. The van der Waals surface area contributed by atoms with Gasteiger partial charge in [0.15, 0.2) is 0 Å². The minimum Gasteiger partial charge on any atom is -0.491 e. The van der Waals surface area contributed by atoms with Crippen LogP contribution in [0.3, 0.4) is 0 Å². The Balaban J connectivity index is 2.11. The molecule has 0 aliphatic carbocycles. The molecule has 2 N–H and O–H groups in total. The first kappa shape index (κ1) is 10.4. The molecule has 1 aromatic rings. The number of ether oxygens (including phenoxy) is 2. The van der Waals surface area contributed by atoms with Crippen LogP contribution in [0.1, 0.15) is 0 Å². The number of nitrogens with two attached hydrogens (primary N) is 1. The molecule has 15 heavy (non-hydrogen) atoms. The monoisotopic (exact) mass is 229 g/mol. The van der Waals surface area contributed by atoms with Crippen LogP contribution in [0.2, 0.25) is 0 Å². The summed E-state index contributed by atoms with van der Waals surface area (Å²) in [6.07, 6.45) is 0.142. The normalized spacial score (nSPS) is 19.9. The number of hydrogen-bond donors (Lipinski definition) is 1. The Morgan fingerprint density at radius 2 is 2.27 bits per heavy atom. The summed E-state index contributed by atoms with van der Waals surface area (Å²) in [6, 6.07) is 6.09. The average Bonchev–Trinajstić information content (AvgIpc) is 2.97. The lowest BCUT2D eigenvalue weighted by atomic mass is 10.3. The van der Waals surface area contributed by atoms with Crippen molar-refractivity contribution in [1.29, 1.82) is 0 Å². The summed E-state index contributed by atoms with van der Waals surface area (Å²) in [4.78, 5) is 0.0525. The Bertz CT molecular complexity index is 453. The number of rotatable bonds is 4. The van der Waals surface area contributed by atoms with Crippen LogP contribution in [0.4, 0.5) is 0 Å². The van der Waals surface area contributed by atoms with E-state index in [0.29, 0.717) is 19.0 Å². The van der Waals surface area contributed by atoms with Crippen LogP contribution < -0.4 is 9.88 Å². The highest BCUT2D eigenvalue weighted by atomic mass is 32.2. The molecule has 1 aromatic carbocycles. The van der Waals surface area contributed by atoms with Crippen molar-refractivity contribution < 1.29 is 17.9 Å². The predicted molar refractivity (Wildman–Crippen MR) is 53.1 cm³/mol. The van der Waals surface area contributed by atoms with E-state index < -0.39 is 10.0 Å². The fourth-order valence-electron chi connectivity index (χ4n) is 1.09. The third-order valence-corrected chi connectivity index (χ3v) is 2.88. The van der Waals surface area contributed by atoms with Gasteiger partial charge in [-0.25, -0.2) is 13.6 Å². The topological polar surface area (TPSA) is 81.9 Å². The third kappa shape index (κ3) is 2.92. The molecular weight excluding hydrogens is 218 g/mol. The van der Waals surface area contributed by atoms with Crippen LogP contribution in [0.5, 0.6) is 5.75 Å². The van der Waals surface area contributed by atoms with Crippen LogP contribution in [-0.2, 0) is 14.8 Å². The lowest BCUT2D eigenvalue weighted by Crippen LogP contribution is -2.12. The molecule has 0 bridgehead atoms. The van der Waals surface area contributed by atoms with E-state index in [1.54, 1.807) is 12.1 Å². The first-order chi connectivity index (χ1) is 7.05. The maximum Gasteiger partial charge on any atom is 0.238 e. The zero-order chi connectivity index (χ0) is 10.9. The molecule has 2 rings (SSSR count). The Morgan fingerprint density at radius 3 is 2.87 bits per heavy atom. The van der Waals surface area contributed by atoms with Crippen molar-refractivity contribution in [2.45, 2.75) is 11.0 Å².